The standard InChI is InChI=1S/C13H24N2O/c1-3-5-6-7-8-9-13(16)15(11-4-2)12-10-14/h3-9,11-12H2,1-2H3. The third-order valence-electron chi connectivity index (χ3n) is 2.60. The molecule has 0 radical (unpaired) electrons. The number of carbonyl (C=O) groups is 1. The van der Waals surface area contributed by atoms with Gasteiger partial charge in [0, 0.05) is 13.0 Å². The predicted molar refractivity (Wildman–Crippen MR) is 65.9 cm³/mol. The summed E-state index contributed by atoms with van der Waals surface area (Å²) in [5, 5.41) is 8.61. The minimum Gasteiger partial charge on any atom is -0.329 e. The predicted octanol–water partition coefficient (Wildman–Crippen LogP) is 3.11. The number of unbranched alkanes of at least 4 members (excludes halogenated alkanes) is 4. The van der Waals surface area contributed by atoms with Crippen LogP contribution in [0.5, 0.6) is 0 Å². The van der Waals surface area contributed by atoms with E-state index in [9.17, 15) is 4.79 Å². The fraction of sp³-hybridized carbons (Fsp3) is 0.846. The molecule has 92 valence electrons. The maximum Gasteiger partial charge on any atom is 0.223 e. The van der Waals surface area contributed by atoms with Crippen molar-refractivity contribution in [2.45, 2.75) is 58.8 Å². The topological polar surface area (TPSA) is 44.1 Å². The van der Waals surface area contributed by atoms with E-state index in [1.54, 1.807) is 4.90 Å². The summed E-state index contributed by atoms with van der Waals surface area (Å²) in [5.74, 6) is 0.139. The molecule has 0 aliphatic rings. The Morgan fingerprint density at radius 3 is 2.38 bits per heavy atom. The van der Waals surface area contributed by atoms with E-state index in [1.165, 1.54) is 19.3 Å². The molecule has 0 saturated heterocycles. The number of nitrogens with zero attached hydrogens (tertiary/aromatic N) is 2. The van der Waals surface area contributed by atoms with Crippen LogP contribution in [0.25, 0.3) is 0 Å². The molecule has 1 amide bonds. The highest BCUT2D eigenvalue weighted by Crippen LogP contribution is 2.07. The van der Waals surface area contributed by atoms with Crippen LogP contribution in [0.3, 0.4) is 0 Å². The summed E-state index contributed by atoms with van der Waals surface area (Å²) < 4.78 is 0. The van der Waals surface area contributed by atoms with Crippen molar-refractivity contribution in [3.8, 4) is 6.07 Å². The Morgan fingerprint density at radius 1 is 1.12 bits per heavy atom. The molecule has 0 bridgehead atoms. The Kier molecular flexibility index (Phi) is 9.80. The van der Waals surface area contributed by atoms with Crippen LogP contribution in [-0.2, 0) is 4.79 Å². The second-order valence-electron chi connectivity index (χ2n) is 4.14. The van der Waals surface area contributed by atoms with Gasteiger partial charge in [0.1, 0.15) is 6.54 Å². The minimum absolute atomic E-state index is 0.139. The maximum atomic E-state index is 11.7. The Hall–Kier alpha value is -1.04. The third-order valence-corrected chi connectivity index (χ3v) is 2.60. The lowest BCUT2D eigenvalue weighted by Crippen LogP contribution is -2.31. The van der Waals surface area contributed by atoms with Crippen LogP contribution in [-0.4, -0.2) is 23.9 Å². The summed E-state index contributed by atoms with van der Waals surface area (Å²) >= 11 is 0. The first kappa shape index (κ1) is 15.0. The van der Waals surface area contributed by atoms with Gasteiger partial charge in [0.15, 0.2) is 0 Å². The van der Waals surface area contributed by atoms with Crippen LogP contribution >= 0.6 is 0 Å². The summed E-state index contributed by atoms with van der Waals surface area (Å²) in [6.07, 6.45) is 7.32. The molecule has 0 aromatic rings. The fourth-order valence-corrected chi connectivity index (χ4v) is 1.69. The largest absolute Gasteiger partial charge is 0.329 e. The smallest absolute Gasteiger partial charge is 0.223 e. The Bertz CT molecular complexity index is 220. The summed E-state index contributed by atoms with van der Waals surface area (Å²) in [4.78, 5) is 13.4. The molecule has 0 atom stereocenters. The minimum atomic E-state index is 0.139. The first-order valence-corrected chi connectivity index (χ1v) is 6.41. The van der Waals surface area contributed by atoms with Gasteiger partial charge in [-0.2, -0.15) is 5.26 Å². The average molecular weight is 224 g/mol. The van der Waals surface area contributed by atoms with Crippen LogP contribution in [0, 0.1) is 11.3 Å². The van der Waals surface area contributed by atoms with E-state index in [1.807, 2.05) is 13.0 Å². The van der Waals surface area contributed by atoms with E-state index in [4.69, 9.17) is 5.26 Å². The van der Waals surface area contributed by atoms with Crippen molar-refractivity contribution in [3.63, 3.8) is 0 Å². The molecule has 3 nitrogen and oxygen atoms in total. The van der Waals surface area contributed by atoms with Crippen molar-refractivity contribution >= 4 is 5.91 Å². The van der Waals surface area contributed by atoms with Crippen LogP contribution in [0.15, 0.2) is 0 Å². The number of hydrogen-bond acceptors (Lipinski definition) is 2. The average Bonchev–Trinajstić information content (AvgIpc) is 2.28. The number of nitriles is 1. The molecule has 0 unspecified atom stereocenters. The molecule has 0 rings (SSSR count). The van der Waals surface area contributed by atoms with Crippen molar-refractivity contribution in [1.82, 2.24) is 4.90 Å². The van der Waals surface area contributed by atoms with Gasteiger partial charge in [-0.3, -0.25) is 4.79 Å². The maximum absolute atomic E-state index is 11.7. The van der Waals surface area contributed by atoms with E-state index in [2.05, 4.69) is 6.92 Å². The highest BCUT2D eigenvalue weighted by atomic mass is 16.2. The Morgan fingerprint density at radius 2 is 1.81 bits per heavy atom. The molecular formula is C13H24N2O. The van der Waals surface area contributed by atoms with Gasteiger partial charge in [0.2, 0.25) is 5.91 Å². The molecule has 0 N–H and O–H groups in total. The van der Waals surface area contributed by atoms with Crippen molar-refractivity contribution in [2.75, 3.05) is 13.1 Å². The van der Waals surface area contributed by atoms with Gasteiger partial charge < -0.3 is 4.90 Å². The van der Waals surface area contributed by atoms with E-state index in [0.717, 1.165) is 19.3 Å². The quantitative estimate of drug-likeness (QED) is 0.446. The monoisotopic (exact) mass is 224 g/mol. The lowest BCUT2D eigenvalue weighted by Gasteiger charge is -2.18. The fourth-order valence-electron chi connectivity index (χ4n) is 1.69. The van der Waals surface area contributed by atoms with Gasteiger partial charge in [-0.1, -0.05) is 39.5 Å². The van der Waals surface area contributed by atoms with Gasteiger partial charge in [0.05, 0.1) is 6.07 Å². The molecular weight excluding hydrogens is 200 g/mol. The van der Waals surface area contributed by atoms with E-state index in [0.29, 0.717) is 13.0 Å². The van der Waals surface area contributed by atoms with Crippen molar-refractivity contribution < 1.29 is 4.79 Å². The van der Waals surface area contributed by atoms with E-state index < -0.39 is 0 Å². The molecule has 0 spiro atoms. The van der Waals surface area contributed by atoms with E-state index in [-0.39, 0.29) is 12.5 Å². The van der Waals surface area contributed by atoms with E-state index >= 15 is 0 Å². The molecule has 0 saturated carbocycles. The lowest BCUT2D eigenvalue weighted by atomic mass is 10.1. The van der Waals surface area contributed by atoms with Crippen molar-refractivity contribution in [1.29, 1.82) is 5.26 Å². The number of hydrogen-bond donors (Lipinski definition) is 0. The molecule has 3 heteroatoms. The summed E-state index contributed by atoms with van der Waals surface area (Å²) in [7, 11) is 0. The van der Waals surface area contributed by atoms with Gasteiger partial charge >= 0.3 is 0 Å². The number of rotatable bonds is 9. The summed E-state index contributed by atoms with van der Waals surface area (Å²) in [5.41, 5.74) is 0. The van der Waals surface area contributed by atoms with Gasteiger partial charge in [-0.25, -0.2) is 0 Å². The number of carbonyl (C=O) groups excluding carboxylic acids is 1. The second-order valence-corrected chi connectivity index (χ2v) is 4.14. The van der Waals surface area contributed by atoms with Crippen LogP contribution in [0.2, 0.25) is 0 Å². The van der Waals surface area contributed by atoms with Crippen LogP contribution in [0.4, 0.5) is 0 Å². The zero-order valence-corrected chi connectivity index (χ0v) is 10.7. The molecule has 0 aliphatic heterocycles. The van der Waals surface area contributed by atoms with Gasteiger partial charge in [-0.05, 0) is 12.8 Å². The molecule has 0 fully saturated rings. The summed E-state index contributed by atoms with van der Waals surface area (Å²) in [6, 6.07) is 2.05. The zero-order chi connectivity index (χ0) is 12.2. The molecule has 0 aromatic heterocycles. The summed E-state index contributed by atoms with van der Waals surface area (Å²) in [6.45, 7) is 5.16. The van der Waals surface area contributed by atoms with Gasteiger partial charge in [-0.15, -0.1) is 0 Å². The highest BCUT2D eigenvalue weighted by molar-refractivity contribution is 5.76. The Balaban J connectivity index is 3.70. The molecule has 0 aromatic carbocycles. The third kappa shape index (κ3) is 7.28. The molecule has 0 aliphatic carbocycles. The van der Waals surface area contributed by atoms with Crippen LogP contribution < -0.4 is 0 Å². The first-order valence-electron chi connectivity index (χ1n) is 6.41. The highest BCUT2D eigenvalue weighted by Gasteiger charge is 2.10. The normalized spacial score (nSPS) is 9.81. The van der Waals surface area contributed by atoms with Crippen molar-refractivity contribution in [3.05, 3.63) is 0 Å². The lowest BCUT2D eigenvalue weighted by molar-refractivity contribution is -0.130. The zero-order valence-electron chi connectivity index (χ0n) is 10.7. The Labute approximate surface area is 99.4 Å². The molecule has 0 heterocycles. The molecule has 16 heavy (non-hydrogen) atoms. The van der Waals surface area contributed by atoms with Gasteiger partial charge in [0.25, 0.3) is 0 Å². The second kappa shape index (κ2) is 10.5. The van der Waals surface area contributed by atoms with Crippen LogP contribution in [0.1, 0.15) is 58.8 Å². The first-order chi connectivity index (χ1) is 7.76. The van der Waals surface area contributed by atoms with Crippen molar-refractivity contribution in [2.24, 2.45) is 0 Å². The number of amides is 1. The SMILES string of the molecule is CCCCCCCC(=O)N(CC#N)CCC.